The molecule has 0 saturated heterocycles. The fraction of sp³-hybridized carbons (Fsp3) is 0.143. The fourth-order valence-corrected chi connectivity index (χ4v) is 0.564. The first kappa shape index (κ1) is 9.46. The molecular weight excluding hydrogens is 327 g/mol. The van der Waals surface area contributed by atoms with Crippen LogP contribution in [0.2, 0.25) is 0 Å². The van der Waals surface area contributed by atoms with E-state index in [4.69, 9.17) is 5.11 Å². The maximum absolute atomic E-state index is 8.76. The second-order valence-electron chi connectivity index (χ2n) is 1.75. The average Bonchev–Trinajstić information content (AvgIpc) is 1.64. The molecule has 0 atom stereocenters. The monoisotopic (exact) mass is 334 g/mol. The fourth-order valence-electron chi connectivity index (χ4n) is 0.564. The van der Waals surface area contributed by atoms with Gasteiger partial charge in [-0.15, -0.1) is 12.1 Å². The third-order valence-corrected chi connectivity index (χ3v) is 0.942. The van der Waals surface area contributed by atoms with Gasteiger partial charge in [-0.05, 0) is 0 Å². The molecule has 0 aliphatic carbocycles. The summed E-state index contributed by atoms with van der Waals surface area (Å²) in [5, 5.41) is 8.76. The topological polar surface area (TPSA) is 20.2 Å². The van der Waals surface area contributed by atoms with Gasteiger partial charge in [0.15, 0.2) is 0 Å². The minimum atomic E-state index is 0. The Morgan fingerprint density at radius 1 is 1.56 bits per heavy atom. The Kier molecular flexibility index (Phi) is 4.53. The van der Waals surface area contributed by atoms with Gasteiger partial charge in [0.05, 0.1) is 0 Å². The van der Waals surface area contributed by atoms with Gasteiger partial charge in [-0.25, -0.2) is 0 Å². The van der Waals surface area contributed by atoms with Crippen LogP contribution < -0.4 is 0 Å². The summed E-state index contributed by atoms with van der Waals surface area (Å²) in [5.41, 5.74) is 1.06. The van der Waals surface area contributed by atoms with Crippen molar-refractivity contribution in [3.05, 3.63) is 29.8 Å². The van der Waals surface area contributed by atoms with Gasteiger partial charge < -0.3 is 5.11 Å². The minimum Gasteiger partial charge on any atom is -0.534 e. The van der Waals surface area contributed by atoms with Crippen LogP contribution in [0.25, 0.3) is 0 Å². The van der Waals surface area contributed by atoms with Gasteiger partial charge in [-0.3, -0.25) is 0 Å². The van der Waals surface area contributed by atoms with Crippen LogP contribution in [0.3, 0.4) is 0 Å². The van der Waals surface area contributed by atoms with Crippen molar-refractivity contribution in [3.8, 4) is 5.75 Å². The smallest absolute Gasteiger partial charge is 0.00422 e. The molecule has 1 radical (unpaired) electrons. The van der Waals surface area contributed by atoms with Crippen LogP contribution >= 0.6 is 0 Å². The number of benzene rings is 1. The van der Waals surface area contributed by atoms with Gasteiger partial charge >= 0.3 is 0 Å². The van der Waals surface area contributed by atoms with Crippen LogP contribution in [0.5, 0.6) is 5.75 Å². The molecule has 1 aromatic carbocycles. The van der Waals surface area contributed by atoms with Crippen LogP contribution in [0.4, 0.5) is 0 Å². The molecular formula is C7H7AcO-. The number of aryl methyl sites for hydroxylation is 1. The van der Waals surface area contributed by atoms with Crippen LogP contribution in [-0.2, 0) is 0 Å². The Morgan fingerprint density at radius 2 is 2.22 bits per heavy atom. The Balaban J connectivity index is 0.000000640. The zero-order chi connectivity index (χ0) is 5.98. The van der Waals surface area contributed by atoms with Gasteiger partial charge in [0.25, 0.3) is 0 Å². The molecule has 0 aliphatic rings. The Morgan fingerprint density at radius 3 is 2.56 bits per heavy atom. The van der Waals surface area contributed by atoms with E-state index in [2.05, 4.69) is 6.07 Å². The molecule has 0 amide bonds. The number of phenols is 1. The SMILES string of the molecule is Cc1cc[c-]c(O)c1.[Ac]. The predicted octanol–water partition coefficient (Wildman–Crippen LogP) is 1.50. The van der Waals surface area contributed by atoms with Crippen molar-refractivity contribution in [2.75, 3.05) is 0 Å². The molecule has 0 aliphatic heterocycles. The molecule has 0 bridgehead atoms. The van der Waals surface area contributed by atoms with E-state index < -0.39 is 0 Å². The summed E-state index contributed by atoms with van der Waals surface area (Å²) < 4.78 is 0. The summed E-state index contributed by atoms with van der Waals surface area (Å²) in [4.78, 5) is 0. The molecule has 0 heterocycles. The van der Waals surface area contributed by atoms with Crippen LogP contribution in [0.1, 0.15) is 5.56 Å². The normalized spacial score (nSPS) is 8.11. The first-order valence-electron chi connectivity index (χ1n) is 2.46. The van der Waals surface area contributed by atoms with Crippen molar-refractivity contribution in [1.82, 2.24) is 0 Å². The quantitative estimate of drug-likeness (QED) is 0.713. The summed E-state index contributed by atoms with van der Waals surface area (Å²) >= 11 is 0. The van der Waals surface area contributed by atoms with Crippen molar-refractivity contribution in [1.29, 1.82) is 0 Å². The van der Waals surface area contributed by atoms with E-state index in [-0.39, 0.29) is 49.8 Å². The van der Waals surface area contributed by atoms with Gasteiger partial charge in [0, 0.05) is 49.8 Å². The third-order valence-electron chi connectivity index (χ3n) is 0.942. The molecule has 1 aromatic rings. The van der Waals surface area contributed by atoms with Gasteiger partial charge in [0.1, 0.15) is 0 Å². The van der Waals surface area contributed by atoms with Crippen LogP contribution in [-0.4, -0.2) is 5.11 Å². The third kappa shape index (κ3) is 3.23. The van der Waals surface area contributed by atoms with Crippen molar-refractivity contribution >= 4 is 0 Å². The maximum Gasteiger partial charge on any atom is 0.00422 e. The van der Waals surface area contributed by atoms with E-state index in [9.17, 15) is 0 Å². The first-order valence-corrected chi connectivity index (χ1v) is 2.46. The van der Waals surface area contributed by atoms with Gasteiger partial charge in [-0.1, -0.05) is 6.92 Å². The van der Waals surface area contributed by atoms with Crippen molar-refractivity contribution in [2.45, 2.75) is 6.92 Å². The van der Waals surface area contributed by atoms with E-state index in [1.165, 1.54) is 0 Å². The summed E-state index contributed by atoms with van der Waals surface area (Å²) in [6.45, 7) is 1.92. The molecule has 2 heteroatoms. The average molecular weight is 334 g/mol. The minimum absolute atomic E-state index is 0. The number of rotatable bonds is 0. The molecule has 45 valence electrons. The van der Waals surface area contributed by atoms with E-state index in [0.29, 0.717) is 0 Å². The second kappa shape index (κ2) is 4.30. The molecule has 0 saturated carbocycles. The zero-order valence-corrected chi connectivity index (χ0v) is 10.0. The number of phenolic OH excluding ortho intramolecular Hbond substituents is 1. The number of aromatic hydroxyl groups is 1. The number of hydrogen-bond acceptors (Lipinski definition) is 1. The van der Waals surface area contributed by atoms with E-state index in [1.807, 2.05) is 13.0 Å². The Labute approximate surface area is 90.6 Å². The summed E-state index contributed by atoms with van der Waals surface area (Å²) in [6.07, 6.45) is 0. The molecule has 0 aromatic heterocycles. The van der Waals surface area contributed by atoms with Crippen LogP contribution in [0, 0.1) is 57.1 Å². The molecule has 1 rings (SSSR count). The summed E-state index contributed by atoms with van der Waals surface area (Å²) in [6, 6.07) is 7.88. The standard InChI is InChI=1S/C7H7O.Ac/c1-6-3-2-4-7(8)5-6;/h2-3,5,8H,1H3;/q-1;. The largest absolute Gasteiger partial charge is 0.534 e. The molecule has 0 unspecified atom stereocenters. The maximum atomic E-state index is 8.76. The van der Waals surface area contributed by atoms with E-state index in [1.54, 1.807) is 12.1 Å². The zero-order valence-electron chi connectivity index (χ0n) is 5.26. The molecule has 9 heavy (non-hydrogen) atoms. The molecule has 1 nitrogen and oxygen atoms in total. The van der Waals surface area contributed by atoms with E-state index >= 15 is 0 Å². The molecule has 0 fully saturated rings. The number of hydrogen-bond donors (Lipinski definition) is 1. The van der Waals surface area contributed by atoms with Crippen LogP contribution in [0.15, 0.2) is 18.2 Å². The molecule has 1 N–H and O–H groups in total. The van der Waals surface area contributed by atoms with E-state index in [0.717, 1.165) is 5.56 Å². The van der Waals surface area contributed by atoms with Crippen molar-refractivity contribution in [3.63, 3.8) is 0 Å². The predicted molar refractivity (Wildman–Crippen MR) is 31.7 cm³/mol. The van der Waals surface area contributed by atoms with Crippen molar-refractivity contribution in [2.24, 2.45) is 0 Å². The summed E-state index contributed by atoms with van der Waals surface area (Å²) in [7, 11) is 0. The van der Waals surface area contributed by atoms with Gasteiger partial charge in [-0.2, -0.15) is 17.7 Å². The Bertz CT molecular complexity index is 169. The first-order chi connectivity index (χ1) is 3.79. The second-order valence-corrected chi connectivity index (χ2v) is 1.75. The van der Waals surface area contributed by atoms with Crippen molar-refractivity contribution < 1.29 is 49.2 Å². The summed E-state index contributed by atoms with van der Waals surface area (Å²) in [5.74, 6) is 0.213. The Hall–Kier alpha value is 0.462. The molecule has 0 spiro atoms. The van der Waals surface area contributed by atoms with Gasteiger partial charge in [0.2, 0.25) is 0 Å².